The van der Waals surface area contributed by atoms with E-state index in [0.717, 1.165) is 40.7 Å². The Morgan fingerprint density at radius 1 is 1.10 bits per heavy atom. The monoisotopic (exact) mass is 453 g/mol. The highest BCUT2D eigenvalue weighted by Gasteiger charge is 2.07. The number of aromatic nitrogens is 2. The molecule has 3 rings (SSSR count). The van der Waals surface area contributed by atoms with Crippen LogP contribution in [0.4, 0.5) is 17.2 Å². The molecule has 0 radical (unpaired) electrons. The summed E-state index contributed by atoms with van der Waals surface area (Å²) in [6.07, 6.45) is 4.98. The topological polar surface area (TPSA) is 70.2 Å². The van der Waals surface area contributed by atoms with Crippen LogP contribution in [-0.2, 0) is 4.79 Å². The van der Waals surface area contributed by atoms with Gasteiger partial charge in [0, 0.05) is 33.9 Å². The number of likely N-dealkylation sites (N-methyl/N-ethyl adjacent to an activating group) is 1. The lowest BCUT2D eigenvalue weighted by Crippen LogP contribution is -2.23. The molecule has 1 amide bonds. The molecule has 0 spiro atoms. The number of carbonyl (C=O) groups is 1. The molecule has 0 atom stereocenters. The number of halogens is 1. The van der Waals surface area contributed by atoms with Crippen LogP contribution in [0.2, 0.25) is 0 Å². The van der Waals surface area contributed by atoms with Gasteiger partial charge in [-0.15, -0.1) is 0 Å². The molecule has 29 heavy (non-hydrogen) atoms. The molecule has 1 aromatic heterocycles. The number of anilines is 3. The lowest BCUT2D eigenvalue weighted by atomic mass is 10.2. The van der Waals surface area contributed by atoms with Gasteiger partial charge in [0.25, 0.3) is 0 Å². The van der Waals surface area contributed by atoms with Crippen molar-refractivity contribution in [3.05, 3.63) is 65.4 Å². The molecule has 0 aliphatic carbocycles. The van der Waals surface area contributed by atoms with Gasteiger partial charge in [0.1, 0.15) is 12.1 Å². The fraction of sp³-hybridized carbons (Fsp3) is 0.227. The van der Waals surface area contributed by atoms with Crippen LogP contribution in [0.15, 0.2) is 65.4 Å². The number of carbonyl (C=O) groups excluding carboxylic acids is 1. The van der Waals surface area contributed by atoms with Crippen LogP contribution in [0.1, 0.15) is 13.8 Å². The highest BCUT2D eigenvalue weighted by atomic mass is 79.9. The minimum absolute atomic E-state index is 0.158. The zero-order valence-electron chi connectivity index (χ0n) is 16.5. The van der Waals surface area contributed by atoms with Crippen molar-refractivity contribution in [3.8, 4) is 0 Å². The molecule has 0 bridgehead atoms. The third-order valence-corrected chi connectivity index (χ3v) is 5.01. The van der Waals surface area contributed by atoms with E-state index in [1.54, 1.807) is 6.08 Å². The Morgan fingerprint density at radius 3 is 2.69 bits per heavy atom. The number of nitrogens with zero attached hydrogens (tertiary/aromatic N) is 3. The van der Waals surface area contributed by atoms with E-state index < -0.39 is 0 Å². The van der Waals surface area contributed by atoms with E-state index in [1.165, 1.54) is 6.33 Å². The van der Waals surface area contributed by atoms with Crippen LogP contribution >= 0.6 is 15.9 Å². The summed E-state index contributed by atoms with van der Waals surface area (Å²) >= 11 is 3.47. The Bertz CT molecular complexity index is 1020. The summed E-state index contributed by atoms with van der Waals surface area (Å²) in [7, 11) is 0. The van der Waals surface area contributed by atoms with Crippen LogP contribution < -0.4 is 10.6 Å². The zero-order chi connectivity index (χ0) is 20.6. The van der Waals surface area contributed by atoms with Gasteiger partial charge in [0.2, 0.25) is 5.91 Å². The van der Waals surface area contributed by atoms with Gasteiger partial charge in [-0.05, 0) is 49.5 Å². The number of fused-ring (bicyclic) bond motifs is 1. The number of amides is 1. The molecule has 0 aliphatic rings. The fourth-order valence-corrected chi connectivity index (χ4v) is 3.31. The lowest BCUT2D eigenvalue weighted by Gasteiger charge is -2.14. The summed E-state index contributed by atoms with van der Waals surface area (Å²) in [6.45, 7) is 6.89. The molecule has 0 aliphatic heterocycles. The normalized spacial score (nSPS) is 11.3. The van der Waals surface area contributed by atoms with Gasteiger partial charge in [-0.25, -0.2) is 9.97 Å². The highest BCUT2D eigenvalue weighted by molar-refractivity contribution is 9.10. The number of benzene rings is 2. The van der Waals surface area contributed by atoms with Gasteiger partial charge >= 0.3 is 0 Å². The van der Waals surface area contributed by atoms with E-state index in [9.17, 15) is 4.79 Å². The predicted molar refractivity (Wildman–Crippen MR) is 123 cm³/mol. The maximum absolute atomic E-state index is 12.3. The molecule has 2 N–H and O–H groups in total. The molecule has 0 saturated heterocycles. The molecule has 6 nitrogen and oxygen atoms in total. The van der Waals surface area contributed by atoms with Gasteiger partial charge < -0.3 is 15.5 Å². The third-order valence-electron chi connectivity index (χ3n) is 4.52. The SMILES string of the molecule is CCN(CC)C/C=C/C(=O)Nc1ccc2ncnc(Nc3cccc(Br)c3)c2c1. The third kappa shape index (κ3) is 5.85. The summed E-state index contributed by atoms with van der Waals surface area (Å²) in [5, 5.41) is 7.05. The Kier molecular flexibility index (Phi) is 7.32. The first-order valence-electron chi connectivity index (χ1n) is 9.56. The van der Waals surface area contributed by atoms with Gasteiger partial charge in [-0.3, -0.25) is 4.79 Å². The van der Waals surface area contributed by atoms with Gasteiger partial charge in [-0.1, -0.05) is 41.9 Å². The lowest BCUT2D eigenvalue weighted by molar-refractivity contribution is -0.111. The molecular weight excluding hydrogens is 430 g/mol. The van der Waals surface area contributed by atoms with Crippen LogP contribution in [0, 0.1) is 0 Å². The summed E-state index contributed by atoms with van der Waals surface area (Å²) in [4.78, 5) is 23.2. The maximum Gasteiger partial charge on any atom is 0.248 e. The Morgan fingerprint density at radius 2 is 1.93 bits per heavy atom. The quantitative estimate of drug-likeness (QED) is 0.471. The summed E-state index contributed by atoms with van der Waals surface area (Å²) < 4.78 is 0.977. The highest BCUT2D eigenvalue weighted by Crippen LogP contribution is 2.26. The summed E-state index contributed by atoms with van der Waals surface area (Å²) in [5.74, 6) is 0.524. The first-order chi connectivity index (χ1) is 14.1. The zero-order valence-corrected chi connectivity index (χ0v) is 18.1. The molecule has 1 heterocycles. The van der Waals surface area contributed by atoms with E-state index in [1.807, 2.05) is 48.5 Å². The fourth-order valence-electron chi connectivity index (χ4n) is 2.91. The molecule has 0 unspecified atom stereocenters. The molecule has 0 saturated carbocycles. The number of hydrogen-bond acceptors (Lipinski definition) is 5. The second-order valence-electron chi connectivity index (χ2n) is 6.47. The second-order valence-corrected chi connectivity index (χ2v) is 7.38. The van der Waals surface area contributed by atoms with Crippen molar-refractivity contribution in [1.82, 2.24) is 14.9 Å². The van der Waals surface area contributed by atoms with Gasteiger partial charge in [0.15, 0.2) is 0 Å². The molecular formula is C22H24BrN5O. The average Bonchev–Trinajstić information content (AvgIpc) is 2.72. The van der Waals surface area contributed by atoms with Crippen molar-refractivity contribution in [2.24, 2.45) is 0 Å². The molecule has 0 fully saturated rings. The van der Waals surface area contributed by atoms with Crippen LogP contribution in [0.5, 0.6) is 0 Å². The van der Waals surface area contributed by atoms with Crippen molar-refractivity contribution >= 4 is 49.9 Å². The van der Waals surface area contributed by atoms with E-state index in [-0.39, 0.29) is 5.91 Å². The number of nitrogens with one attached hydrogen (secondary N) is 2. The van der Waals surface area contributed by atoms with E-state index >= 15 is 0 Å². The number of hydrogen-bond donors (Lipinski definition) is 2. The molecule has 3 aromatic rings. The minimum Gasteiger partial charge on any atom is -0.340 e. The summed E-state index contributed by atoms with van der Waals surface area (Å²) in [5.41, 5.74) is 2.41. The van der Waals surface area contributed by atoms with Crippen LogP contribution in [0.3, 0.4) is 0 Å². The molecule has 150 valence electrons. The summed E-state index contributed by atoms with van der Waals surface area (Å²) in [6, 6.07) is 13.4. The number of rotatable bonds is 8. The van der Waals surface area contributed by atoms with Crippen molar-refractivity contribution in [1.29, 1.82) is 0 Å². The van der Waals surface area contributed by atoms with Crippen LogP contribution in [0.25, 0.3) is 10.9 Å². The van der Waals surface area contributed by atoms with Crippen molar-refractivity contribution < 1.29 is 4.79 Å². The first kappa shape index (κ1) is 21.0. The first-order valence-corrected chi connectivity index (χ1v) is 10.4. The van der Waals surface area contributed by atoms with Crippen molar-refractivity contribution in [3.63, 3.8) is 0 Å². The average molecular weight is 454 g/mol. The molecule has 2 aromatic carbocycles. The van der Waals surface area contributed by atoms with E-state index in [0.29, 0.717) is 11.5 Å². The van der Waals surface area contributed by atoms with Gasteiger partial charge in [0.05, 0.1) is 5.52 Å². The maximum atomic E-state index is 12.3. The van der Waals surface area contributed by atoms with Crippen LogP contribution in [-0.4, -0.2) is 40.4 Å². The Labute approximate surface area is 179 Å². The second kappa shape index (κ2) is 10.1. The molecule has 7 heteroatoms. The minimum atomic E-state index is -0.158. The standard InChI is InChI=1S/C22H24BrN5O/c1-3-28(4-2)12-6-9-21(29)26-18-10-11-20-19(14-18)22(25-15-24-20)27-17-8-5-7-16(23)13-17/h5-11,13-15H,3-4,12H2,1-2H3,(H,26,29)(H,24,25,27)/b9-6+. The van der Waals surface area contributed by atoms with Crippen molar-refractivity contribution in [2.75, 3.05) is 30.3 Å². The largest absolute Gasteiger partial charge is 0.340 e. The Hall–Kier alpha value is -2.77. The van der Waals surface area contributed by atoms with E-state index in [4.69, 9.17) is 0 Å². The Balaban J connectivity index is 1.76. The smallest absolute Gasteiger partial charge is 0.248 e. The van der Waals surface area contributed by atoms with Gasteiger partial charge in [-0.2, -0.15) is 0 Å². The predicted octanol–water partition coefficient (Wildman–Crippen LogP) is 4.97. The van der Waals surface area contributed by atoms with E-state index in [2.05, 4.69) is 55.3 Å². The van der Waals surface area contributed by atoms with Crippen molar-refractivity contribution in [2.45, 2.75) is 13.8 Å².